The summed E-state index contributed by atoms with van der Waals surface area (Å²) in [7, 11) is 0. The van der Waals surface area contributed by atoms with Crippen LogP contribution >= 0.6 is 0 Å². The summed E-state index contributed by atoms with van der Waals surface area (Å²) in [5.41, 5.74) is 4.25. The monoisotopic (exact) mass is 355 g/mol. The number of rotatable bonds is 0. The molecule has 0 atom stereocenters. The van der Waals surface area contributed by atoms with E-state index < -0.39 is 0 Å². The number of halogens is 2. The molecule has 1 radical (unpaired) electrons. The fourth-order valence-corrected chi connectivity index (χ4v) is 0.850. The molecule has 61 valence electrons. The maximum atomic E-state index is 3.26. The van der Waals surface area contributed by atoms with E-state index in [1.54, 1.807) is 0 Å². The second kappa shape index (κ2) is 7.95. The van der Waals surface area contributed by atoms with Gasteiger partial charge in [-0.05, 0) is 0 Å². The normalized spacial score (nSPS) is 14.3. The molecule has 0 fully saturated rings. The minimum absolute atomic E-state index is 0. The predicted molar refractivity (Wildman–Crippen MR) is 35.4 cm³/mol. The van der Waals surface area contributed by atoms with Crippen molar-refractivity contribution in [2.24, 2.45) is 0 Å². The van der Waals surface area contributed by atoms with Crippen LogP contribution in [0.15, 0.2) is 16.7 Å². The van der Waals surface area contributed by atoms with Crippen molar-refractivity contribution in [2.45, 2.75) is 27.2 Å². The van der Waals surface area contributed by atoms with Crippen molar-refractivity contribution >= 4 is 0 Å². The van der Waals surface area contributed by atoms with E-state index >= 15 is 0 Å². The topological polar surface area (TPSA) is 0 Å². The molecule has 0 aromatic rings. The molecule has 1 aliphatic rings. The first-order chi connectivity index (χ1) is 3.72. The van der Waals surface area contributed by atoms with Crippen LogP contribution in [0.2, 0.25) is 0 Å². The van der Waals surface area contributed by atoms with E-state index in [0.717, 1.165) is 6.42 Å². The quantitative estimate of drug-likeness (QED) is 0.394. The van der Waals surface area contributed by atoms with Crippen molar-refractivity contribution in [1.82, 2.24) is 0 Å². The summed E-state index contributed by atoms with van der Waals surface area (Å²) in [6.07, 6.45) is 4.31. The van der Waals surface area contributed by atoms with Crippen LogP contribution in [0.25, 0.3) is 0 Å². The van der Waals surface area contributed by atoms with E-state index in [1.165, 1.54) is 16.7 Å². The molecule has 0 unspecified atom stereocenters. The molecular formula is C8H11Br2Zr. The first kappa shape index (κ1) is 18.2. The third-order valence-electron chi connectivity index (χ3n) is 1.82. The van der Waals surface area contributed by atoms with Crippen molar-refractivity contribution in [2.75, 3.05) is 0 Å². The van der Waals surface area contributed by atoms with Gasteiger partial charge in [-0.3, -0.25) is 6.08 Å². The predicted octanol–water partition coefficient (Wildman–Crippen LogP) is -3.52. The van der Waals surface area contributed by atoms with Crippen LogP contribution in [0.3, 0.4) is 0 Å². The Kier molecular flexibility index (Phi) is 13.1. The van der Waals surface area contributed by atoms with Crippen molar-refractivity contribution in [1.29, 1.82) is 0 Å². The van der Waals surface area contributed by atoms with Gasteiger partial charge in [-0.25, -0.2) is 5.57 Å². The maximum Gasteiger partial charge on any atom is 3.00 e. The molecule has 0 aromatic carbocycles. The van der Waals surface area contributed by atoms with Gasteiger partial charge in [0.1, 0.15) is 0 Å². The third kappa shape index (κ3) is 4.80. The summed E-state index contributed by atoms with van der Waals surface area (Å²) in [5, 5.41) is 0. The molecule has 11 heavy (non-hydrogen) atoms. The van der Waals surface area contributed by atoms with Gasteiger partial charge in [-0.15, -0.1) is 13.3 Å². The Morgan fingerprint density at radius 1 is 1.09 bits per heavy atom. The van der Waals surface area contributed by atoms with Gasteiger partial charge in [-0.2, -0.15) is 11.1 Å². The summed E-state index contributed by atoms with van der Waals surface area (Å²) in [6, 6.07) is 0. The molecular weight excluding hydrogens is 347 g/mol. The van der Waals surface area contributed by atoms with Gasteiger partial charge in [0.25, 0.3) is 0 Å². The van der Waals surface area contributed by atoms with Crippen LogP contribution in [0.1, 0.15) is 27.2 Å². The molecule has 0 amide bonds. The largest absolute Gasteiger partial charge is 3.00 e. The minimum atomic E-state index is 0. The van der Waals surface area contributed by atoms with Crippen molar-refractivity contribution in [3.63, 3.8) is 0 Å². The maximum absolute atomic E-state index is 3.26. The molecule has 0 bridgehead atoms. The fraction of sp³-hybridized carbons (Fsp3) is 0.500. The number of hydrogen-bond acceptors (Lipinski definition) is 0. The van der Waals surface area contributed by atoms with Gasteiger partial charge in [0.05, 0.1) is 0 Å². The van der Waals surface area contributed by atoms with Crippen LogP contribution in [0.5, 0.6) is 0 Å². The van der Waals surface area contributed by atoms with Crippen LogP contribution < -0.4 is 34.0 Å². The van der Waals surface area contributed by atoms with Gasteiger partial charge >= 0.3 is 26.2 Å². The molecule has 1 rings (SSSR count). The second-order valence-corrected chi connectivity index (χ2v) is 2.38. The Hall–Kier alpha value is 1.32. The number of allylic oxidation sites excluding steroid dienone is 4. The smallest absolute Gasteiger partial charge is 1.00 e. The molecule has 3 heteroatoms. The molecule has 0 spiro atoms. The Morgan fingerprint density at radius 2 is 1.55 bits per heavy atom. The van der Waals surface area contributed by atoms with Crippen molar-refractivity contribution in [3.8, 4) is 0 Å². The minimum Gasteiger partial charge on any atom is -1.00 e. The van der Waals surface area contributed by atoms with E-state index in [1.807, 2.05) is 0 Å². The standard InChI is InChI=1S/C8H11.2BrH.Zr/c1-6-4-5-7(2)8(6)3;;;/h4H2,1-3H3;2*1H;/q-1;;;+3/p-2. The molecule has 0 saturated heterocycles. The van der Waals surface area contributed by atoms with E-state index in [-0.39, 0.29) is 60.2 Å². The molecule has 0 aliphatic heterocycles. The number of hydrogen-bond donors (Lipinski definition) is 0. The summed E-state index contributed by atoms with van der Waals surface area (Å²) < 4.78 is 0. The van der Waals surface area contributed by atoms with Gasteiger partial charge in [0, 0.05) is 0 Å². The average Bonchev–Trinajstić information content (AvgIpc) is 1.98. The third-order valence-corrected chi connectivity index (χ3v) is 1.82. The SMILES string of the molecule is CC1=[C-]CC(C)=C1C.[Br-].[Br-].[Zr+3]. The summed E-state index contributed by atoms with van der Waals surface area (Å²) in [5.74, 6) is 0. The molecule has 0 saturated carbocycles. The van der Waals surface area contributed by atoms with E-state index in [0.29, 0.717) is 0 Å². The molecule has 1 aliphatic carbocycles. The van der Waals surface area contributed by atoms with E-state index in [9.17, 15) is 0 Å². The first-order valence-electron chi connectivity index (χ1n) is 2.96. The Morgan fingerprint density at radius 3 is 1.64 bits per heavy atom. The zero-order chi connectivity index (χ0) is 6.15. The Bertz CT molecular complexity index is 165. The van der Waals surface area contributed by atoms with Crippen molar-refractivity contribution < 1.29 is 60.2 Å². The molecule has 0 N–H and O–H groups in total. The molecule has 0 nitrogen and oxygen atoms in total. The van der Waals surface area contributed by atoms with Crippen LogP contribution in [-0.4, -0.2) is 0 Å². The Labute approximate surface area is 109 Å². The van der Waals surface area contributed by atoms with Crippen molar-refractivity contribution in [3.05, 3.63) is 22.8 Å². The Balaban J connectivity index is -0.000000213. The summed E-state index contributed by atoms with van der Waals surface area (Å²) in [6.45, 7) is 6.44. The first-order valence-corrected chi connectivity index (χ1v) is 2.96. The van der Waals surface area contributed by atoms with Gasteiger partial charge in [0.15, 0.2) is 0 Å². The van der Waals surface area contributed by atoms with Crippen LogP contribution in [-0.2, 0) is 26.2 Å². The van der Waals surface area contributed by atoms with Crippen LogP contribution in [0.4, 0.5) is 0 Å². The fourth-order valence-electron chi connectivity index (χ4n) is 0.850. The van der Waals surface area contributed by atoms with E-state index in [2.05, 4.69) is 26.8 Å². The molecule has 0 heterocycles. The van der Waals surface area contributed by atoms with Gasteiger partial charge < -0.3 is 34.0 Å². The zero-order valence-corrected chi connectivity index (χ0v) is 12.6. The van der Waals surface area contributed by atoms with Crippen LogP contribution in [0, 0.1) is 6.08 Å². The van der Waals surface area contributed by atoms with Gasteiger partial charge in [-0.1, -0.05) is 13.8 Å². The van der Waals surface area contributed by atoms with Gasteiger partial charge in [0.2, 0.25) is 0 Å². The van der Waals surface area contributed by atoms with E-state index in [4.69, 9.17) is 0 Å². The summed E-state index contributed by atoms with van der Waals surface area (Å²) in [4.78, 5) is 0. The average molecular weight is 358 g/mol. The second-order valence-electron chi connectivity index (χ2n) is 2.38. The molecule has 0 aromatic heterocycles. The summed E-state index contributed by atoms with van der Waals surface area (Å²) >= 11 is 0. The zero-order valence-electron chi connectivity index (χ0n) is 6.96.